The lowest BCUT2D eigenvalue weighted by Gasteiger charge is -2.23. The number of hydrogen-bond acceptors (Lipinski definition) is 4. The van der Waals surface area contributed by atoms with E-state index in [0.717, 1.165) is 16.7 Å². The SMILES string of the molecule is COC(=O)/C=C/c1ccccc1CN1C(=O)CC[C@@H]1/C=C/C(=O)Cc1ccccc1. The van der Waals surface area contributed by atoms with Crippen molar-refractivity contribution in [1.82, 2.24) is 4.90 Å². The summed E-state index contributed by atoms with van der Waals surface area (Å²) in [6.07, 6.45) is 7.98. The van der Waals surface area contributed by atoms with E-state index in [9.17, 15) is 14.4 Å². The predicted molar refractivity (Wildman–Crippen MR) is 115 cm³/mol. The standard InChI is InChI=1S/C25H25NO4/c1-30-25(29)16-11-20-9-5-6-10-21(20)18-26-22(13-15-24(26)28)12-14-23(27)17-19-7-3-2-4-8-19/h2-12,14,16,22H,13,15,17-18H2,1H3/b14-12+,16-11+/t22-/m0/s1. The molecule has 0 N–H and O–H groups in total. The molecule has 0 spiro atoms. The van der Waals surface area contributed by atoms with Gasteiger partial charge in [0.15, 0.2) is 5.78 Å². The first-order valence-corrected chi connectivity index (χ1v) is 9.95. The fourth-order valence-corrected chi connectivity index (χ4v) is 3.49. The number of benzene rings is 2. The van der Waals surface area contributed by atoms with E-state index in [1.807, 2.05) is 60.7 Å². The Hall–Kier alpha value is -3.47. The third-order valence-corrected chi connectivity index (χ3v) is 5.10. The van der Waals surface area contributed by atoms with Gasteiger partial charge in [0.1, 0.15) is 0 Å². The van der Waals surface area contributed by atoms with Crippen LogP contribution < -0.4 is 0 Å². The highest BCUT2D eigenvalue weighted by atomic mass is 16.5. The molecule has 1 fully saturated rings. The van der Waals surface area contributed by atoms with Gasteiger partial charge in [-0.05, 0) is 35.3 Å². The van der Waals surface area contributed by atoms with Crippen molar-refractivity contribution in [2.24, 2.45) is 0 Å². The van der Waals surface area contributed by atoms with Gasteiger partial charge in [0, 0.05) is 25.5 Å². The molecule has 0 aromatic heterocycles. The highest BCUT2D eigenvalue weighted by Gasteiger charge is 2.29. The van der Waals surface area contributed by atoms with Crippen LogP contribution in [0, 0.1) is 0 Å². The number of hydrogen-bond donors (Lipinski definition) is 0. The van der Waals surface area contributed by atoms with Crippen LogP contribution in [0.3, 0.4) is 0 Å². The normalized spacial score (nSPS) is 16.5. The number of ketones is 1. The van der Waals surface area contributed by atoms with Gasteiger partial charge in [0.2, 0.25) is 5.91 Å². The zero-order valence-electron chi connectivity index (χ0n) is 17.0. The molecular formula is C25H25NO4. The van der Waals surface area contributed by atoms with Gasteiger partial charge in [-0.3, -0.25) is 9.59 Å². The number of carbonyl (C=O) groups excluding carboxylic acids is 3. The summed E-state index contributed by atoms with van der Waals surface area (Å²) in [4.78, 5) is 38.0. The number of rotatable bonds is 8. The average molecular weight is 403 g/mol. The van der Waals surface area contributed by atoms with Crippen LogP contribution in [-0.4, -0.2) is 35.7 Å². The van der Waals surface area contributed by atoms with Crippen molar-refractivity contribution in [3.63, 3.8) is 0 Å². The zero-order chi connectivity index (χ0) is 21.3. The number of carbonyl (C=O) groups is 3. The minimum absolute atomic E-state index is 0.0157. The Morgan fingerprint density at radius 3 is 2.57 bits per heavy atom. The molecule has 1 saturated heterocycles. The molecule has 0 aliphatic carbocycles. The molecule has 0 unspecified atom stereocenters. The Kier molecular flexibility index (Phi) is 7.33. The largest absolute Gasteiger partial charge is 0.466 e. The van der Waals surface area contributed by atoms with Crippen LogP contribution in [-0.2, 0) is 32.1 Å². The Balaban J connectivity index is 1.69. The lowest BCUT2D eigenvalue weighted by atomic mass is 10.1. The van der Waals surface area contributed by atoms with Crippen molar-refractivity contribution in [3.05, 3.63) is 89.5 Å². The first kappa shape index (κ1) is 21.2. The molecule has 0 bridgehead atoms. The van der Waals surface area contributed by atoms with Gasteiger partial charge in [0.25, 0.3) is 0 Å². The van der Waals surface area contributed by atoms with E-state index in [1.165, 1.54) is 13.2 Å². The van der Waals surface area contributed by atoms with E-state index >= 15 is 0 Å². The summed E-state index contributed by atoms with van der Waals surface area (Å²) in [6.45, 7) is 0.419. The summed E-state index contributed by atoms with van der Waals surface area (Å²) in [5.41, 5.74) is 2.75. The fourth-order valence-electron chi connectivity index (χ4n) is 3.49. The molecule has 2 aromatic carbocycles. The second-order valence-electron chi connectivity index (χ2n) is 7.17. The number of likely N-dealkylation sites (tertiary alicyclic amines) is 1. The first-order valence-electron chi connectivity index (χ1n) is 9.95. The van der Waals surface area contributed by atoms with E-state index in [1.54, 1.807) is 17.1 Å². The molecule has 1 heterocycles. The minimum atomic E-state index is -0.431. The van der Waals surface area contributed by atoms with Gasteiger partial charge in [-0.25, -0.2) is 4.79 Å². The molecule has 1 aliphatic rings. The molecule has 1 amide bonds. The molecule has 1 aliphatic heterocycles. The Labute approximate surface area is 176 Å². The summed E-state index contributed by atoms with van der Waals surface area (Å²) < 4.78 is 4.64. The Bertz CT molecular complexity index is 962. The van der Waals surface area contributed by atoms with Crippen molar-refractivity contribution in [2.45, 2.75) is 31.8 Å². The number of nitrogens with zero attached hydrogens (tertiary/aromatic N) is 1. The quantitative estimate of drug-likeness (QED) is 0.498. The smallest absolute Gasteiger partial charge is 0.330 e. The maximum absolute atomic E-state index is 12.5. The van der Waals surface area contributed by atoms with Crippen LogP contribution >= 0.6 is 0 Å². The number of ether oxygens (including phenoxy) is 1. The van der Waals surface area contributed by atoms with Crippen molar-refractivity contribution in [1.29, 1.82) is 0 Å². The highest BCUT2D eigenvalue weighted by molar-refractivity contribution is 5.91. The summed E-state index contributed by atoms with van der Waals surface area (Å²) >= 11 is 0. The highest BCUT2D eigenvalue weighted by Crippen LogP contribution is 2.24. The molecule has 1 atom stereocenters. The second-order valence-corrected chi connectivity index (χ2v) is 7.17. The molecule has 154 valence electrons. The molecule has 2 aromatic rings. The third-order valence-electron chi connectivity index (χ3n) is 5.10. The molecule has 5 heteroatoms. The topological polar surface area (TPSA) is 63.7 Å². The molecule has 0 radical (unpaired) electrons. The molecule has 30 heavy (non-hydrogen) atoms. The van der Waals surface area contributed by atoms with Crippen LogP contribution in [0.2, 0.25) is 0 Å². The molecule has 3 rings (SSSR count). The number of amides is 1. The average Bonchev–Trinajstić information content (AvgIpc) is 3.11. The summed E-state index contributed by atoms with van der Waals surface area (Å²) in [5.74, 6) is -0.353. The third kappa shape index (κ3) is 5.77. The molecular weight excluding hydrogens is 378 g/mol. The second kappa shape index (κ2) is 10.3. The van der Waals surface area contributed by atoms with Crippen LogP contribution in [0.1, 0.15) is 29.5 Å². The van der Waals surface area contributed by atoms with Gasteiger partial charge in [-0.1, -0.05) is 60.7 Å². The van der Waals surface area contributed by atoms with E-state index < -0.39 is 5.97 Å². The van der Waals surface area contributed by atoms with Gasteiger partial charge in [-0.2, -0.15) is 0 Å². The maximum atomic E-state index is 12.5. The van der Waals surface area contributed by atoms with Gasteiger partial charge < -0.3 is 9.64 Å². The Morgan fingerprint density at radius 1 is 1.07 bits per heavy atom. The molecule has 5 nitrogen and oxygen atoms in total. The van der Waals surface area contributed by atoms with Crippen molar-refractivity contribution in [3.8, 4) is 0 Å². The van der Waals surface area contributed by atoms with Gasteiger partial charge in [0.05, 0.1) is 13.2 Å². The lowest BCUT2D eigenvalue weighted by molar-refractivity contribution is -0.134. The maximum Gasteiger partial charge on any atom is 0.330 e. The van der Waals surface area contributed by atoms with Crippen LogP contribution in [0.25, 0.3) is 6.08 Å². The minimum Gasteiger partial charge on any atom is -0.466 e. The van der Waals surface area contributed by atoms with Crippen molar-refractivity contribution >= 4 is 23.7 Å². The lowest BCUT2D eigenvalue weighted by Crippen LogP contribution is -2.31. The Morgan fingerprint density at radius 2 is 1.80 bits per heavy atom. The van der Waals surface area contributed by atoms with E-state index in [2.05, 4.69) is 4.74 Å². The summed E-state index contributed by atoms with van der Waals surface area (Å²) in [5, 5.41) is 0. The fraction of sp³-hybridized carbons (Fsp3) is 0.240. The summed E-state index contributed by atoms with van der Waals surface area (Å²) in [6, 6.07) is 17.1. The first-order chi connectivity index (χ1) is 14.6. The van der Waals surface area contributed by atoms with E-state index in [0.29, 0.717) is 25.8 Å². The number of esters is 1. The number of methoxy groups -OCH3 is 1. The number of allylic oxidation sites excluding steroid dienone is 1. The van der Waals surface area contributed by atoms with Crippen LogP contribution in [0.15, 0.2) is 72.8 Å². The monoisotopic (exact) mass is 403 g/mol. The van der Waals surface area contributed by atoms with Gasteiger partial charge in [-0.15, -0.1) is 0 Å². The zero-order valence-corrected chi connectivity index (χ0v) is 17.0. The van der Waals surface area contributed by atoms with E-state index in [-0.39, 0.29) is 17.7 Å². The van der Waals surface area contributed by atoms with Gasteiger partial charge >= 0.3 is 5.97 Å². The predicted octanol–water partition coefficient (Wildman–Crippen LogP) is 3.73. The molecule has 0 saturated carbocycles. The van der Waals surface area contributed by atoms with E-state index in [4.69, 9.17) is 0 Å². The van der Waals surface area contributed by atoms with Crippen molar-refractivity contribution < 1.29 is 19.1 Å². The van der Waals surface area contributed by atoms with Crippen molar-refractivity contribution in [2.75, 3.05) is 7.11 Å². The summed E-state index contributed by atoms with van der Waals surface area (Å²) in [7, 11) is 1.33. The van der Waals surface area contributed by atoms with Crippen LogP contribution in [0.4, 0.5) is 0 Å². The van der Waals surface area contributed by atoms with Crippen LogP contribution in [0.5, 0.6) is 0 Å².